The summed E-state index contributed by atoms with van der Waals surface area (Å²) in [7, 11) is 2.14. The fourth-order valence-corrected chi connectivity index (χ4v) is 2.75. The van der Waals surface area contributed by atoms with E-state index in [2.05, 4.69) is 17.3 Å². The summed E-state index contributed by atoms with van der Waals surface area (Å²) in [5, 5.41) is 14.1. The number of halogens is 1. The van der Waals surface area contributed by atoms with Gasteiger partial charge in [-0.05, 0) is 64.0 Å². The SMILES string of the molecule is CN1CCC(CCNCc2cc(F)ccc2[N+](=O)[O-])CC1. The van der Waals surface area contributed by atoms with Gasteiger partial charge in [-0.15, -0.1) is 0 Å². The highest BCUT2D eigenvalue weighted by atomic mass is 19.1. The Morgan fingerprint density at radius 3 is 2.81 bits per heavy atom. The summed E-state index contributed by atoms with van der Waals surface area (Å²) in [6.45, 7) is 3.42. The first kappa shape index (κ1) is 15.9. The molecule has 0 unspecified atom stereocenters. The minimum Gasteiger partial charge on any atom is -0.312 e. The molecular weight excluding hydrogens is 273 g/mol. The molecule has 0 spiro atoms. The van der Waals surface area contributed by atoms with Crippen molar-refractivity contribution in [2.24, 2.45) is 5.92 Å². The van der Waals surface area contributed by atoms with E-state index in [1.807, 2.05) is 0 Å². The van der Waals surface area contributed by atoms with Crippen molar-refractivity contribution in [3.63, 3.8) is 0 Å². The molecule has 2 rings (SSSR count). The van der Waals surface area contributed by atoms with Gasteiger partial charge in [-0.3, -0.25) is 10.1 Å². The summed E-state index contributed by atoms with van der Waals surface area (Å²) in [5.41, 5.74) is 0.381. The maximum atomic E-state index is 13.2. The lowest BCUT2D eigenvalue weighted by Crippen LogP contribution is -2.31. The van der Waals surface area contributed by atoms with Crippen molar-refractivity contribution in [2.75, 3.05) is 26.7 Å². The van der Waals surface area contributed by atoms with E-state index in [4.69, 9.17) is 0 Å². The van der Waals surface area contributed by atoms with Gasteiger partial charge >= 0.3 is 0 Å². The van der Waals surface area contributed by atoms with Gasteiger partial charge in [0.05, 0.1) is 4.92 Å². The van der Waals surface area contributed by atoms with Crippen molar-refractivity contribution in [3.8, 4) is 0 Å². The molecule has 0 amide bonds. The van der Waals surface area contributed by atoms with Gasteiger partial charge in [-0.1, -0.05) is 0 Å². The molecule has 116 valence electrons. The second-order valence-corrected chi connectivity index (χ2v) is 5.74. The van der Waals surface area contributed by atoms with Gasteiger partial charge in [0.15, 0.2) is 0 Å². The lowest BCUT2D eigenvalue weighted by atomic mass is 9.94. The molecule has 0 atom stereocenters. The topological polar surface area (TPSA) is 58.4 Å². The molecule has 0 aromatic heterocycles. The van der Waals surface area contributed by atoms with Crippen LogP contribution in [-0.2, 0) is 6.54 Å². The van der Waals surface area contributed by atoms with Crippen LogP contribution in [0.2, 0.25) is 0 Å². The van der Waals surface area contributed by atoms with Gasteiger partial charge in [0.2, 0.25) is 0 Å². The molecule has 1 fully saturated rings. The first-order chi connectivity index (χ1) is 10.1. The Morgan fingerprint density at radius 1 is 1.43 bits per heavy atom. The Labute approximate surface area is 124 Å². The maximum absolute atomic E-state index is 13.2. The summed E-state index contributed by atoms with van der Waals surface area (Å²) in [5.74, 6) is 0.281. The average Bonchev–Trinajstić information content (AvgIpc) is 2.45. The zero-order valence-corrected chi connectivity index (χ0v) is 12.3. The quantitative estimate of drug-likeness (QED) is 0.498. The molecule has 5 nitrogen and oxygen atoms in total. The second-order valence-electron chi connectivity index (χ2n) is 5.74. The molecule has 1 N–H and O–H groups in total. The zero-order valence-electron chi connectivity index (χ0n) is 12.3. The molecule has 6 heteroatoms. The van der Waals surface area contributed by atoms with Crippen molar-refractivity contribution in [1.82, 2.24) is 10.2 Å². The number of hydrogen-bond donors (Lipinski definition) is 1. The summed E-state index contributed by atoms with van der Waals surface area (Å²) in [4.78, 5) is 12.8. The number of nitrogens with zero attached hydrogens (tertiary/aromatic N) is 2. The van der Waals surface area contributed by atoms with Crippen molar-refractivity contribution in [2.45, 2.75) is 25.8 Å². The standard InChI is InChI=1S/C15H22FN3O2/c1-18-8-5-12(6-9-18)4-7-17-11-13-10-14(16)2-3-15(13)19(20)21/h2-3,10,12,17H,4-9,11H2,1H3. The second kappa shape index (κ2) is 7.47. The molecular formula is C15H22FN3O2. The Bertz CT molecular complexity index is 488. The maximum Gasteiger partial charge on any atom is 0.274 e. The van der Waals surface area contributed by atoms with Crippen molar-refractivity contribution < 1.29 is 9.31 Å². The number of nitro benzene ring substituents is 1. The van der Waals surface area contributed by atoms with E-state index in [-0.39, 0.29) is 5.69 Å². The fraction of sp³-hybridized carbons (Fsp3) is 0.600. The van der Waals surface area contributed by atoms with E-state index < -0.39 is 10.7 Å². The van der Waals surface area contributed by atoms with Crippen LogP contribution in [0.5, 0.6) is 0 Å². The molecule has 1 aromatic carbocycles. The first-order valence-electron chi connectivity index (χ1n) is 7.38. The number of nitrogens with one attached hydrogen (secondary N) is 1. The number of rotatable bonds is 6. The van der Waals surface area contributed by atoms with Gasteiger partial charge < -0.3 is 10.2 Å². The van der Waals surface area contributed by atoms with E-state index in [1.165, 1.54) is 25.0 Å². The number of nitro groups is 1. The van der Waals surface area contributed by atoms with Crippen LogP contribution in [0.15, 0.2) is 18.2 Å². The van der Waals surface area contributed by atoms with Gasteiger partial charge in [0.25, 0.3) is 5.69 Å². The number of benzene rings is 1. The van der Waals surface area contributed by atoms with Gasteiger partial charge in [0, 0.05) is 18.2 Å². The average molecular weight is 295 g/mol. The molecule has 0 aliphatic carbocycles. The minimum atomic E-state index is -0.465. The van der Waals surface area contributed by atoms with Crippen molar-refractivity contribution in [1.29, 1.82) is 0 Å². The van der Waals surface area contributed by atoms with Gasteiger partial charge in [0.1, 0.15) is 5.82 Å². The number of hydrogen-bond acceptors (Lipinski definition) is 4. The Balaban J connectivity index is 1.78. The Kier molecular flexibility index (Phi) is 5.64. The molecule has 1 saturated heterocycles. The third-order valence-electron chi connectivity index (χ3n) is 4.12. The molecule has 0 bridgehead atoms. The van der Waals surface area contributed by atoms with Crippen LogP contribution in [0.1, 0.15) is 24.8 Å². The number of likely N-dealkylation sites (tertiary alicyclic amines) is 1. The van der Waals surface area contributed by atoms with E-state index in [1.54, 1.807) is 0 Å². The molecule has 1 heterocycles. The highest BCUT2D eigenvalue weighted by Crippen LogP contribution is 2.20. The van der Waals surface area contributed by atoms with E-state index in [0.29, 0.717) is 12.1 Å². The van der Waals surface area contributed by atoms with Crippen LogP contribution >= 0.6 is 0 Å². The lowest BCUT2D eigenvalue weighted by molar-refractivity contribution is -0.385. The van der Waals surface area contributed by atoms with Crippen LogP contribution < -0.4 is 5.32 Å². The third-order valence-corrected chi connectivity index (χ3v) is 4.12. The monoisotopic (exact) mass is 295 g/mol. The van der Waals surface area contributed by atoms with E-state index in [9.17, 15) is 14.5 Å². The predicted octanol–water partition coefficient (Wildman–Crippen LogP) is 2.56. The third kappa shape index (κ3) is 4.75. The molecule has 1 aromatic rings. The Morgan fingerprint density at radius 2 is 2.14 bits per heavy atom. The normalized spacial score (nSPS) is 17.0. The number of piperidine rings is 1. The lowest BCUT2D eigenvalue weighted by Gasteiger charge is -2.28. The van der Waals surface area contributed by atoms with Crippen molar-refractivity contribution >= 4 is 5.69 Å². The zero-order chi connectivity index (χ0) is 15.2. The molecule has 1 aliphatic heterocycles. The largest absolute Gasteiger partial charge is 0.312 e. The smallest absolute Gasteiger partial charge is 0.274 e. The van der Waals surface area contributed by atoms with Crippen LogP contribution in [0.25, 0.3) is 0 Å². The summed E-state index contributed by atoms with van der Waals surface area (Å²) < 4.78 is 13.2. The molecule has 1 aliphatic rings. The summed E-state index contributed by atoms with van der Waals surface area (Å²) in [6, 6.07) is 3.59. The minimum absolute atomic E-state index is 0.0248. The van der Waals surface area contributed by atoms with Crippen LogP contribution in [-0.4, -0.2) is 36.5 Å². The Hall–Kier alpha value is -1.53. The highest BCUT2D eigenvalue weighted by molar-refractivity contribution is 5.40. The van der Waals surface area contributed by atoms with Crippen LogP contribution in [0.3, 0.4) is 0 Å². The molecule has 0 saturated carbocycles. The predicted molar refractivity (Wildman–Crippen MR) is 79.6 cm³/mol. The van der Waals surface area contributed by atoms with Gasteiger partial charge in [-0.25, -0.2) is 4.39 Å². The molecule has 21 heavy (non-hydrogen) atoms. The first-order valence-corrected chi connectivity index (χ1v) is 7.38. The summed E-state index contributed by atoms with van der Waals surface area (Å²) in [6.07, 6.45) is 3.48. The summed E-state index contributed by atoms with van der Waals surface area (Å²) >= 11 is 0. The fourth-order valence-electron chi connectivity index (χ4n) is 2.75. The van der Waals surface area contributed by atoms with E-state index >= 15 is 0 Å². The van der Waals surface area contributed by atoms with Gasteiger partial charge in [-0.2, -0.15) is 0 Å². The van der Waals surface area contributed by atoms with E-state index in [0.717, 1.165) is 38.0 Å². The van der Waals surface area contributed by atoms with Crippen LogP contribution in [0.4, 0.5) is 10.1 Å². The van der Waals surface area contributed by atoms with Crippen LogP contribution in [0, 0.1) is 21.8 Å². The molecule has 0 radical (unpaired) electrons. The van der Waals surface area contributed by atoms with Crippen molar-refractivity contribution in [3.05, 3.63) is 39.7 Å². The highest BCUT2D eigenvalue weighted by Gasteiger charge is 2.17.